The normalized spacial score (nSPS) is 17.3. The van der Waals surface area contributed by atoms with Crippen LogP contribution < -0.4 is 10.2 Å². The molecule has 2 aromatic carbocycles. The first-order chi connectivity index (χ1) is 16.2. The summed E-state index contributed by atoms with van der Waals surface area (Å²) in [7, 11) is 1.24. The summed E-state index contributed by atoms with van der Waals surface area (Å²) in [6, 6.07) is 13.6. The minimum absolute atomic E-state index is 0.0649. The molecule has 2 heterocycles. The Bertz CT molecular complexity index is 1280. The zero-order valence-corrected chi connectivity index (χ0v) is 20.0. The number of amides is 2. The second-order valence-electron chi connectivity index (χ2n) is 8.93. The maximum absolute atomic E-state index is 13.9. The third kappa shape index (κ3) is 3.96. The van der Waals surface area contributed by atoms with Crippen molar-refractivity contribution >= 4 is 23.5 Å². The van der Waals surface area contributed by atoms with Gasteiger partial charge in [0.1, 0.15) is 11.2 Å². The smallest absolute Gasteiger partial charge is 0.359 e. The van der Waals surface area contributed by atoms with Crippen LogP contribution in [0.4, 0.5) is 5.69 Å². The number of hydrogen-bond donors (Lipinski definition) is 1. The number of aromatic nitrogens is 2. The van der Waals surface area contributed by atoms with Gasteiger partial charge in [0.05, 0.1) is 20.0 Å². The highest BCUT2D eigenvalue weighted by Gasteiger charge is 2.50. The van der Waals surface area contributed by atoms with Gasteiger partial charge in [-0.25, -0.2) is 9.78 Å². The van der Waals surface area contributed by atoms with Crippen LogP contribution in [0.2, 0.25) is 0 Å². The van der Waals surface area contributed by atoms with Crippen molar-refractivity contribution < 1.29 is 19.1 Å². The molecule has 0 aliphatic carbocycles. The van der Waals surface area contributed by atoms with Crippen molar-refractivity contribution in [3.63, 3.8) is 0 Å². The molecular weight excluding hydrogens is 432 g/mol. The molecule has 0 radical (unpaired) electrons. The van der Waals surface area contributed by atoms with Gasteiger partial charge in [-0.15, -0.1) is 0 Å². The molecule has 1 atom stereocenters. The van der Waals surface area contributed by atoms with Crippen molar-refractivity contribution in [2.75, 3.05) is 12.0 Å². The van der Waals surface area contributed by atoms with Crippen molar-refractivity contribution in [2.45, 2.75) is 46.3 Å². The van der Waals surface area contributed by atoms with Crippen LogP contribution in [0.1, 0.15) is 50.2 Å². The number of nitrogens with one attached hydrogen (secondary N) is 1. The number of imidazole rings is 1. The first kappa shape index (κ1) is 23.2. The molecule has 8 heteroatoms. The van der Waals surface area contributed by atoms with Crippen LogP contribution in [0.5, 0.6) is 0 Å². The molecule has 1 aliphatic rings. The predicted octanol–water partition coefficient (Wildman–Crippen LogP) is 3.33. The molecular formula is C26H28N4O4. The fraction of sp³-hybridized carbons (Fsp3) is 0.308. The summed E-state index contributed by atoms with van der Waals surface area (Å²) in [5.74, 6) is -1.48. The zero-order valence-electron chi connectivity index (χ0n) is 20.0. The van der Waals surface area contributed by atoms with Gasteiger partial charge in [0.2, 0.25) is 5.91 Å². The number of carbonyl (C=O) groups is 3. The number of methoxy groups -OCH3 is 1. The molecule has 8 nitrogen and oxygen atoms in total. The average molecular weight is 461 g/mol. The Morgan fingerprint density at radius 1 is 1.09 bits per heavy atom. The molecule has 176 valence electrons. The topological polar surface area (TPSA) is 93.5 Å². The van der Waals surface area contributed by atoms with Crippen LogP contribution in [0, 0.1) is 20.8 Å². The Morgan fingerprint density at radius 3 is 2.44 bits per heavy atom. The summed E-state index contributed by atoms with van der Waals surface area (Å²) in [6.07, 6.45) is 1.41. The summed E-state index contributed by atoms with van der Waals surface area (Å²) in [5.41, 5.74) is 3.27. The van der Waals surface area contributed by atoms with Gasteiger partial charge in [-0.2, -0.15) is 0 Å². The van der Waals surface area contributed by atoms with E-state index in [1.54, 1.807) is 11.5 Å². The van der Waals surface area contributed by atoms with Crippen LogP contribution in [-0.4, -0.2) is 40.0 Å². The van der Waals surface area contributed by atoms with Crippen LogP contribution in [0.3, 0.4) is 0 Å². The van der Waals surface area contributed by atoms with E-state index in [2.05, 4.69) is 10.3 Å². The lowest BCUT2D eigenvalue weighted by Crippen LogP contribution is -2.64. The minimum Gasteiger partial charge on any atom is -0.464 e. The van der Waals surface area contributed by atoms with Gasteiger partial charge >= 0.3 is 5.97 Å². The zero-order chi connectivity index (χ0) is 24.6. The SMILES string of the molecule is COC(=O)c1ncn2c1C(=O)N(c1cc(C)ccc1C)[C@](C)(C(=O)NCc1ccc(C)cc1)C2. The van der Waals surface area contributed by atoms with Crippen LogP contribution in [-0.2, 0) is 22.6 Å². The first-order valence-corrected chi connectivity index (χ1v) is 11.0. The Labute approximate surface area is 198 Å². The Morgan fingerprint density at radius 2 is 1.76 bits per heavy atom. The predicted molar refractivity (Wildman–Crippen MR) is 128 cm³/mol. The fourth-order valence-corrected chi connectivity index (χ4v) is 4.29. The molecule has 4 rings (SSSR count). The molecule has 0 bridgehead atoms. The van der Waals surface area contributed by atoms with Crippen molar-refractivity contribution in [1.29, 1.82) is 0 Å². The van der Waals surface area contributed by atoms with Crippen LogP contribution >= 0.6 is 0 Å². The Balaban J connectivity index is 1.78. The molecule has 1 aliphatic heterocycles. The van der Waals surface area contributed by atoms with Crippen molar-refractivity contribution in [1.82, 2.24) is 14.9 Å². The quantitative estimate of drug-likeness (QED) is 0.590. The van der Waals surface area contributed by atoms with Crippen LogP contribution in [0.15, 0.2) is 48.8 Å². The molecule has 3 aromatic rings. The standard InChI is InChI=1S/C26H28N4O4/c1-16-7-10-19(11-8-16)13-27-25(33)26(4)14-29-15-28-21(24(32)34-5)22(29)23(31)30(26)20-12-17(2)6-9-18(20)3/h6-12,15H,13-14H2,1-5H3,(H,27,33)/t26-/m0/s1. The van der Waals surface area contributed by atoms with Crippen molar-refractivity contribution in [2.24, 2.45) is 0 Å². The third-order valence-electron chi connectivity index (χ3n) is 6.26. The van der Waals surface area contributed by atoms with Gasteiger partial charge in [-0.1, -0.05) is 42.0 Å². The van der Waals surface area contributed by atoms with Gasteiger partial charge < -0.3 is 14.6 Å². The van der Waals surface area contributed by atoms with Gasteiger partial charge in [-0.3, -0.25) is 14.5 Å². The van der Waals surface area contributed by atoms with Gasteiger partial charge in [0.15, 0.2) is 5.69 Å². The third-order valence-corrected chi connectivity index (χ3v) is 6.26. The van der Waals surface area contributed by atoms with E-state index < -0.39 is 17.4 Å². The van der Waals surface area contributed by atoms with E-state index in [1.807, 2.05) is 63.2 Å². The van der Waals surface area contributed by atoms with Gasteiger partial charge in [0.25, 0.3) is 5.91 Å². The molecule has 0 unspecified atom stereocenters. The minimum atomic E-state index is -1.26. The number of rotatable bonds is 5. The maximum atomic E-state index is 13.9. The maximum Gasteiger partial charge on any atom is 0.359 e. The fourth-order valence-electron chi connectivity index (χ4n) is 4.29. The van der Waals surface area contributed by atoms with Gasteiger partial charge in [-0.05, 0) is 50.5 Å². The molecule has 1 N–H and O–H groups in total. The highest BCUT2D eigenvalue weighted by molar-refractivity contribution is 6.15. The lowest BCUT2D eigenvalue weighted by atomic mass is 9.92. The monoisotopic (exact) mass is 460 g/mol. The number of anilines is 1. The largest absolute Gasteiger partial charge is 0.464 e. The van der Waals surface area contributed by atoms with Gasteiger partial charge in [0, 0.05) is 12.2 Å². The molecule has 34 heavy (non-hydrogen) atoms. The number of fused-ring (bicyclic) bond motifs is 1. The number of benzene rings is 2. The molecule has 0 fully saturated rings. The Kier molecular flexibility index (Phi) is 6.00. The second kappa shape index (κ2) is 8.78. The van der Waals surface area contributed by atoms with E-state index in [0.29, 0.717) is 12.2 Å². The second-order valence-corrected chi connectivity index (χ2v) is 8.93. The van der Waals surface area contributed by atoms with E-state index in [-0.39, 0.29) is 23.8 Å². The number of carbonyl (C=O) groups excluding carboxylic acids is 3. The average Bonchev–Trinajstić information content (AvgIpc) is 3.24. The molecule has 1 aromatic heterocycles. The molecule has 2 amide bonds. The number of ether oxygens (including phenoxy) is 1. The van der Waals surface area contributed by atoms with E-state index in [1.165, 1.54) is 18.3 Å². The molecule has 0 saturated heterocycles. The number of aryl methyl sites for hydroxylation is 3. The summed E-state index contributed by atoms with van der Waals surface area (Å²) in [5, 5.41) is 3.00. The number of esters is 1. The summed E-state index contributed by atoms with van der Waals surface area (Å²) >= 11 is 0. The van der Waals surface area contributed by atoms with Crippen molar-refractivity contribution in [3.8, 4) is 0 Å². The Hall–Kier alpha value is -3.94. The summed E-state index contributed by atoms with van der Waals surface area (Å²) < 4.78 is 6.38. The van der Waals surface area contributed by atoms with E-state index in [0.717, 1.165) is 22.3 Å². The van der Waals surface area contributed by atoms with Crippen LogP contribution in [0.25, 0.3) is 0 Å². The lowest BCUT2D eigenvalue weighted by molar-refractivity contribution is -0.126. The first-order valence-electron chi connectivity index (χ1n) is 11.0. The van der Waals surface area contributed by atoms with E-state index in [4.69, 9.17) is 4.74 Å². The summed E-state index contributed by atoms with van der Waals surface area (Å²) in [4.78, 5) is 45.5. The molecule has 0 saturated carbocycles. The summed E-state index contributed by atoms with van der Waals surface area (Å²) in [6.45, 7) is 8.01. The number of hydrogen-bond acceptors (Lipinski definition) is 5. The van der Waals surface area contributed by atoms with Crippen molar-refractivity contribution in [3.05, 3.63) is 82.4 Å². The highest BCUT2D eigenvalue weighted by atomic mass is 16.5. The van der Waals surface area contributed by atoms with E-state index >= 15 is 0 Å². The molecule has 0 spiro atoms. The lowest BCUT2D eigenvalue weighted by Gasteiger charge is -2.44. The van der Waals surface area contributed by atoms with E-state index in [9.17, 15) is 14.4 Å². The number of nitrogens with zero attached hydrogens (tertiary/aromatic N) is 3. The highest BCUT2D eigenvalue weighted by Crippen LogP contribution is 2.36.